The van der Waals surface area contributed by atoms with Crippen LogP contribution in [0.3, 0.4) is 0 Å². The number of aromatic hydroxyl groups is 1. The zero-order valence-corrected chi connectivity index (χ0v) is 13.4. The van der Waals surface area contributed by atoms with Gasteiger partial charge in [-0.05, 0) is 36.1 Å². The lowest BCUT2D eigenvalue weighted by atomic mass is 9.90. The van der Waals surface area contributed by atoms with E-state index in [0.717, 1.165) is 23.8 Å². The average Bonchev–Trinajstić information content (AvgIpc) is 3.01. The van der Waals surface area contributed by atoms with E-state index in [9.17, 15) is 24.2 Å². The first-order valence-electron chi connectivity index (χ1n) is 8.00. The summed E-state index contributed by atoms with van der Waals surface area (Å²) in [7, 11) is 0. The number of carboxylic acid groups (broad SMARTS) is 1. The predicted octanol–water partition coefficient (Wildman–Crippen LogP) is 2.55. The fourth-order valence-corrected chi connectivity index (χ4v) is 3.29. The van der Waals surface area contributed by atoms with Crippen LogP contribution in [-0.4, -0.2) is 40.1 Å². The molecular weight excluding hydrogens is 325 g/mol. The Bertz CT molecular complexity index is 793. The van der Waals surface area contributed by atoms with Gasteiger partial charge in [-0.1, -0.05) is 30.3 Å². The molecule has 1 saturated heterocycles. The van der Waals surface area contributed by atoms with Crippen LogP contribution in [0.2, 0.25) is 0 Å². The maximum absolute atomic E-state index is 13.4. The number of amides is 1. The molecule has 1 fully saturated rings. The Morgan fingerprint density at radius 2 is 1.84 bits per heavy atom. The largest absolute Gasteiger partial charge is 0.507 e. The Morgan fingerprint density at radius 3 is 2.52 bits per heavy atom. The highest BCUT2D eigenvalue weighted by Crippen LogP contribution is 2.30. The Balaban J connectivity index is 1.81. The number of halogens is 1. The number of likely N-dealkylation sites (tertiary alicyclic amines) is 1. The Morgan fingerprint density at radius 1 is 1.12 bits per heavy atom. The summed E-state index contributed by atoms with van der Waals surface area (Å²) in [5.74, 6) is -3.39. The molecule has 1 aliphatic rings. The monoisotopic (exact) mass is 343 g/mol. The number of rotatable bonds is 4. The van der Waals surface area contributed by atoms with Gasteiger partial charge in [-0.2, -0.15) is 0 Å². The normalized spacial score (nSPS) is 19.8. The molecule has 3 rings (SSSR count). The molecule has 130 valence electrons. The van der Waals surface area contributed by atoms with Crippen molar-refractivity contribution in [3.05, 3.63) is 65.5 Å². The second-order valence-corrected chi connectivity index (χ2v) is 6.27. The summed E-state index contributed by atoms with van der Waals surface area (Å²) in [5.41, 5.74) is 0.853. The van der Waals surface area contributed by atoms with Crippen molar-refractivity contribution in [1.82, 2.24) is 4.90 Å². The lowest BCUT2D eigenvalue weighted by Crippen LogP contribution is -2.30. The van der Waals surface area contributed by atoms with Crippen molar-refractivity contribution in [2.24, 2.45) is 11.8 Å². The number of nitrogens with zero attached hydrogens (tertiary/aromatic N) is 1. The molecule has 25 heavy (non-hydrogen) atoms. The van der Waals surface area contributed by atoms with E-state index in [1.165, 1.54) is 4.90 Å². The summed E-state index contributed by atoms with van der Waals surface area (Å²) >= 11 is 0. The lowest BCUT2D eigenvalue weighted by Gasteiger charge is -2.17. The molecule has 0 saturated carbocycles. The molecule has 6 heteroatoms. The third-order valence-corrected chi connectivity index (χ3v) is 4.58. The maximum atomic E-state index is 13.4. The molecule has 0 aliphatic carbocycles. The minimum atomic E-state index is -0.959. The first-order chi connectivity index (χ1) is 12.0. The van der Waals surface area contributed by atoms with Crippen LogP contribution in [0.4, 0.5) is 4.39 Å². The van der Waals surface area contributed by atoms with Crippen LogP contribution in [0.25, 0.3) is 0 Å². The van der Waals surface area contributed by atoms with Gasteiger partial charge in [0.25, 0.3) is 5.91 Å². The fourth-order valence-electron chi connectivity index (χ4n) is 3.29. The van der Waals surface area contributed by atoms with Gasteiger partial charge in [0.2, 0.25) is 0 Å². The van der Waals surface area contributed by atoms with Gasteiger partial charge in [-0.3, -0.25) is 9.59 Å². The summed E-state index contributed by atoms with van der Waals surface area (Å²) in [6, 6.07) is 12.6. The van der Waals surface area contributed by atoms with E-state index in [1.54, 1.807) is 0 Å². The van der Waals surface area contributed by atoms with Gasteiger partial charge in [-0.25, -0.2) is 4.39 Å². The summed E-state index contributed by atoms with van der Waals surface area (Å²) in [5, 5.41) is 19.3. The zero-order chi connectivity index (χ0) is 18.0. The van der Waals surface area contributed by atoms with E-state index < -0.39 is 23.6 Å². The number of hydrogen-bond acceptors (Lipinski definition) is 3. The van der Waals surface area contributed by atoms with E-state index in [4.69, 9.17) is 0 Å². The van der Waals surface area contributed by atoms with Crippen LogP contribution >= 0.6 is 0 Å². The number of phenolic OH excluding ortho intramolecular Hbond substituents is 1. The smallest absolute Gasteiger partial charge is 0.308 e. The SMILES string of the molecule is O=C(O)[C@@H]1CN(C(=O)c2cc(F)ccc2O)C[C@H]1Cc1ccccc1. The van der Waals surface area contributed by atoms with Crippen molar-refractivity contribution < 1.29 is 24.2 Å². The first-order valence-corrected chi connectivity index (χ1v) is 8.00. The standard InChI is InChI=1S/C19H18FNO4/c20-14-6-7-17(22)15(9-14)18(23)21-10-13(16(11-21)19(24)25)8-12-4-2-1-3-5-12/h1-7,9,13,16,22H,8,10-11H2,(H,24,25)/t13-,16-/m1/s1. The van der Waals surface area contributed by atoms with Crippen LogP contribution in [0.1, 0.15) is 15.9 Å². The predicted molar refractivity (Wildman–Crippen MR) is 88.7 cm³/mol. The van der Waals surface area contributed by atoms with Crippen LogP contribution in [0, 0.1) is 17.7 Å². The molecule has 2 aromatic carbocycles. The molecule has 0 radical (unpaired) electrons. The molecular formula is C19H18FNO4. The van der Waals surface area contributed by atoms with Crippen molar-refractivity contribution >= 4 is 11.9 Å². The van der Waals surface area contributed by atoms with Gasteiger partial charge in [0, 0.05) is 13.1 Å². The van der Waals surface area contributed by atoms with Crippen molar-refractivity contribution in [3.63, 3.8) is 0 Å². The first kappa shape index (κ1) is 17.0. The number of carboxylic acids is 1. The van der Waals surface area contributed by atoms with Crippen LogP contribution < -0.4 is 0 Å². The molecule has 2 atom stereocenters. The number of benzene rings is 2. The van der Waals surface area contributed by atoms with Crippen LogP contribution in [-0.2, 0) is 11.2 Å². The van der Waals surface area contributed by atoms with E-state index in [2.05, 4.69) is 0 Å². The zero-order valence-electron chi connectivity index (χ0n) is 13.4. The molecule has 1 aliphatic heterocycles. The Kier molecular flexibility index (Phi) is 4.70. The molecule has 2 aromatic rings. The minimum Gasteiger partial charge on any atom is -0.507 e. The highest BCUT2D eigenvalue weighted by Gasteiger charge is 2.40. The molecule has 1 heterocycles. The van der Waals surface area contributed by atoms with Gasteiger partial charge < -0.3 is 15.1 Å². The molecule has 0 spiro atoms. The number of aliphatic carboxylic acids is 1. The van der Waals surface area contributed by atoms with E-state index in [0.29, 0.717) is 6.42 Å². The van der Waals surface area contributed by atoms with Crippen molar-refractivity contribution in [2.75, 3.05) is 13.1 Å². The lowest BCUT2D eigenvalue weighted by molar-refractivity contribution is -0.142. The number of phenols is 1. The van der Waals surface area contributed by atoms with Crippen LogP contribution in [0.5, 0.6) is 5.75 Å². The summed E-state index contributed by atoms with van der Waals surface area (Å²) in [4.78, 5) is 25.5. The number of hydrogen-bond donors (Lipinski definition) is 2. The molecule has 0 aromatic heterocycles. The van der Waals surface area contributed by atoms with Gasteiger partial charge >= 0.3 is 5.97 Å². The van der Waals surface area contributed by atoms with Crippen LogP contribution in [0.15, 0.2) is 48.5 Å². The number of carbonyl (C=O) groups is 2. The van der Waals surface area contributed by atoms with Gasteiger partial charge in [0.05, 0.1) is 11.5 Å². The van der Waals surface area contributed by atoms with E-state index >= 15 is 0 Å². The topological polar surface area (TPSA) is 77.8 Å². The summed E-state index contributed by atoms with van der Waals surface area (Å²) in [6.07, 6.45) is 0.538. The average molecular weight is 343 g/mol. The van der Waals surface area contributed by atoms with E-state index in [1.807, 2.05) is 30.3 Å². The quantitative estimate of drug-likeness (QED) is 0.894. The Hall–Kier alpha value is -2.89. The van der Waals surface area contributed by atoms with E-state index in [-0.39, 0.29) is 30.3 Å². The molecule has 0 bridgehead atoms. The minimum absolute atomic E-state index is 0.0433. The van der Waals surface area contributed by atoms with Crippen molar-refractivity contribution in [2.45, 2.75) is 6.42 Å². The molecule has 2 N–H and O–H groups in total. The molecule has 5 nitrogen and oxygen atoms in total. The summed E-state index contributed by atoms with van der Waals surface area (Å²) < 4.78 is 13.4. The summed E-state index contributed by atoms with van der Waals surface area (Å²) in [6.45, 7) is 0.294. The maximum Gasteiger partial charge on any atom is 0.308 e. The van der Waals surface area contributed by atoms with Gasteiger partial charge in [-0.15, -0.1) is 0 Å². The third kappa shape index (κ3) is 3.63. The van der Waals surface area contributed by atoms with Crippen molar-refractivity contribution in [1.29, 1.82) is 0 Å². The fraction of sp³-hybridized carbons (Fsp3) is 0.263. The number of carbonyl (C=O) groups excluding carboxylic acids is 1. The second kappa shape index (κ2) is 6.93. The highest BCUT2D eigenvalue weighted by atomic mass is 19.1. The molecule has 0 unspecified atom stereocenters. The molecule has 1 amide bonds. The van der Waals surface area contributed by atoms with Gasteiger partial charge in [0.1, 0.15) is 11.6 Å². The third-order valence-electron chi connectivity index (χ3n) is 4.58. The van der Waals surface area contributed by atoms with Crippen molar-refractivity contribution in [3.8, 4) is 5.75 Å². The Labute approximate surface area is 144 Å². The van der Waals surface area contributed by atoms with Gasteiger partial charge in [0.15, 0.2) is 0 Å². The highest BCUT2D eigenvalue weighted by molar-refractivity contribution is 5.97. The second-order valence-electron chi connectivity index (χ2n) is 6.27.